The van der Waals surface area contributed by atoms with Gasteiger partial charge in [0.25, 0.3) is 0 Å². The first-order valence-electron chi connectivity index (χ1n) is 3.40. The van der Waals surface area contributed by atoms with Crippen LogP contribution < -0.4 is 0 Å². The van der Waals surface area contributed by atoms with E-state index < -0.39 is 0 Å². The van der Waals surface area contributed by atoms with Crippen molar-refractivity contribution in [2.24, 2.45) is 0 Å². The first kappa shape index (κ1) is 13.0. The summed E-state index contributed by atoms with van der Waals surface area (Å²) in [5.41, 5.74) is 0. The van der Waals surface area contributed by atoms with Crippen molar-refractivity contribution in [3.05, 3.63) is 5.82 Å². The number of aromatic nitrogens is 3. The number of hydrogen-bond acceptors (Lipinski definition) is 4. The second-order valence-electron chi connectivity index (χ2n) is 2.54. The van der Waals surface area contributed by atoms with Crippen molar-refractivity contribution in [3.63, 3.8) is 0 Å². The van der Waals surface area contributed by atoms with Crippen molar-refractivity contribution in [3.8, 4) is 0 Å². The van der Waals surface area contributed by atoms with Crippen LogP contribution >= 0.6 is 12.6 Å². The third kappa shape index (κ3) is 4.12. The zero-order chi connectivity index (χ0) is 9.14. The topological polar surface area (TPSA) is 61.9 Å². The van der Waals surface area contributed by atoms with E-state index in [1.54, 1.807) is 14.1 Å². The molecule has 68 valence electrons. The van der Waals surface area contributed by atoms with Gasteiger partial charge >= 0.3 is 29.6 Å². The molecular weight excluding hydrogens is 199 g/mol. The normalized spacial score (nSPS) is 9.15. The Balaban J connectivity index is 0.00000144. The molecule has 5 nitrogen and oxygen atoms in total. The van der Waals surface area contributed by atoms with Gasteiger partial charge in [0.2, 0.25) is 5.91 Å². The summed E-state index contributed by atoms with van der Waals surface area (Å²) in [6.07, 6.45) is 0.212. The number of thiol groups is 1. The molecule has 0 unspecified atom stereocenters. The Morgan fingerprint density at radius 1 is 1.62 bits per heavy atom. The van der Waals surface area contributed by atoms with Crippen LogP contribution in [-0.4, -0.2) is 69.6 Å². The van der Waals surface area contributed by atoms with Gasteiger partial charge in [0, 0.05) is 14.1 Å². The van der Waals surface area contributed by atoms with Crippen molar-refractivity contribution in [2.45, 2.75) is 11.6 Å². The van der Waals surface area contributed by atoms with Gasteiger partial charge in [0.1, 0.15) is 0 Å². The molecule has 0 aliphatic carbocycles. The Kier molecular flexibility index (Phi) is 5.62. The Hall–Kier alpha value is -0.0400. The molecule has 1 aromatic heterocycles. The van der Waals surface area contributed by atoms with Crippen molar-refractivity contribution in [1.29, 1.82) is 0 Å². The molecule has 1 amide bonds. The molecule has 1 N–H and O–H groups in total. The number of likely N-dealkylation sites (N-methyl/N-ethyl adjacent to an activating group) is 1. The zero-order valence-electron chi connectivity index (χ0n) is 6.90. The summed E-state index contributed by atoms with van der Waals surface area (Å²) in [4.78, 5) is 16.5. The predicted molar refractivity (Wildman–Crippen MR) is 53.2 cm³/mol. The summed E-state index contributed by atoms with van der Waals surface area (Å²) in [5, 5.41) is 6.75. The maximum atomic E-state index is 11.1. The van der Waals surface area contributed by atoms with Gasteiger partial charge in [-0.05, 0) is 0 Å². The molecule has 0 atom stereocenters. The summed E-state index contributed by atoms with van der Waals surface area (Å²) in [6, 6.07) is 0. The van der Waals surface area contributed by atoms with Gasteiger partial charge in [-0.1, -0.05) is 0 Å². The first-order chi connectivity index (χ1) is 5.59. The molecule has 0 spiro atoms. The fraction of sp³-hybridized carbons (Fsp3) is 0.500. The van der Waals surface area contributed by atoms with E-state index in [9.17, 15) is 4.79 Å². The molecule has 0 aliphatic rings. The Labute approximate surface area is 104 Å². The van der Waals surface area contributed by atoms with Crippen LogP contribution in [-0.2, 0) is 11.2 Å². The van der Waals surface area contributed by atoms with Gasteiger partial charge in [-0.15, -0.1) is 12.6 Å². The molecule has 0 saturated heterocycles. The number of nitrogens with zero attached hydrogens (tertiary/aromatic N) is 3. The Bertz CT molecular complexity index is 288. The minimum absolute atomic E-state index is 0. The van der Waals surface area contributed by atoms with Crippen LogP contribution in [0, 0.1) is 0 Å². The molecule has 0 bridgehead atoms. The van der Waals surface area contributed by atoms with Crippen LogP contribution in [0.2, 0.25) is 0 Å². The SMILES string of the molecule is CN(C)C(=O)Cc1n[nH]c(S)n1.[NaH]. The van der Waals surface area contributed by atoms with E-state index in [2.05, 4.69) is 27.8 Å². The average molecular weight is 210 g/mol. The number of H-pyrrole nitrogens is 1. The standard InChI is InChI=1S/C6H10N4OS.Na.H/c1-10(2)5(11)3-4-7-6(12)9-8-4;;/h3H2,1-2H3,(H2,7,8,9,12);;. The van der Waals surface area contributed by atoms with E-state index in [0.29, 0.717) is 11.0 Å². The number of nitrogens with one attached hydrogen (secondary N) is 1. The van der Waals surface area contributed by atoms with E-state index in [1.807, 2.05) is 0 Å². The van der Waals surface area contributed by atoms with Crippen molar-refractivity contribution in [1.82, 2.24) is 20.1 Å². The molecule has 0 aliphatic heterocycles. The molecule has 0 fully saturated rings. The summed E-state index contributed by atoms with van der Waals surface area (Å²) in [6.45, 7) is 0. The molecular formula is C6H11N4NaOS. The van der Waals surface area contributed by atoms with Crippen LogP contribution in [0.4, 0.5) is 0 Å². The molecule has 13 heavy (non-hydrogen) atoms. The number of rotatable bonds is 2. The quantitative estimate of drug-likeness (QED) is 0.490. The molecule has 0 aromatic carbocycles. The van der Waals surface area contributed by atoms with E-state index in [-0.39, 0.29) is 41.9 Å². The number of carbonyl (C=O) groups excluding carboxylic acids is 1. The Morgan fingerprint density at radius 3 is 2.62 bits per heavy atom. The van der Waals surface area contributed by atoms with Gasteiger partial charge in [0.05, 0.1) is 6.42 Å². The van der Waals surface area contributed by atoms with Crippen LogP contribution in [0.1, 0.15) is 5.82 Å². The molecule has 1 rings (SSSR count). The molecule has 0 radical (unpaired) electrons. The fourth-order valence-corrected chi connectivity index (χ4v) is 0.825. The number of aromatic amines is 1. The molecule has 7 heteroatoms. The van der Waals surface area contributed by atoms with Crippen LogP contribution in [0.15, 0.2) is 5.16 Å². The van der Waals surface area contributed by atoms with Gasteiger partial charge in [-0.3, -0.25) is 9.89 Å². The summed E-state index contributed by atoms with van der Waals surface area (Å²) in [5.74, 6) is 0.445. The van der Waals surface area contributed by atoms with Crippen LogP contribution in [0.3, 0.4) is 0 Å². The molecule has 1 aromatic rings. The fourth-order valence-electron chi connectivity index (χ4n) is 0.659. The van der Waals surface area contributed by atoms with E-state index in [0.717, 1.165) is 0 Å². The van der Waals surface area contributed by atoms with Crippen molar-refractivity contribution >= 4 is 48.1 Å². The summed E-state index contributed by atoms with van der Waals surface area (Å²) < 4.78 is 0. The predicted octanol–water partition coefficient (Wildman–Crippen LogP) is -0.924. The Morgan fingerprint density at radius 2 is 2.23 bits per heavy atom. The molecule has 1 heterocycles. The monoisotopic (exact) mass is 210 g/mol. The van der Waals surface area contributed by atoms with E-state index in [1.165, 1.54) is 4.90 Å². The average Bonchev–Trinajstić information content (AvgIpc) is 2.35. The van der Waals surface area contributed by atoms with Gasteiger partial charge in [-0.2, -0.15) is 5.10 Å². The van der Waals surface area contributed by atoms with Crippen molar-refractivity contribution in [2.75, 3.05) is 14.1 Å². The summed E-state index contributed by atoms with van der Waals surface area (Å²) in [7, 11) is 3.38. The molecule has 0 saturated carbocycles. The zero-order valence-corrected chi connectivity index (χ0v) is 7.80. The van der Waals surface area contributed by atoms with Crippen molar-refractivity contribution < 1.29 is 4.79 Å². The third-order valence-electron chi connectivity index (χ3n) is 1.33. The first-order valence-corrected chi connectivity index (χ1v) is 3.84. The number of carbonyl (C=O) groups is 1. The van der Waals surface area contributed by atoms with Gasteiger partial charge < -0.3 is 4.90 Å². The van der Waals surface area contributed by atoms with E-state index >= 15 is 0 Å². The van der Waals surface area contributed by atoms with Crippen LogP contribution in [0.25, 0.3) is 0 Å². The summed E-state index contributed by atoms with van der Waals surface area (Å²) >= 11 is 3.93. The second kappa shape index (κ2) is 5.64. The minimum atomic E-state index is -0.0256. The van der Waals surface area contributed by atoms with Crippen LogP contribution in [0.5, 0.6) is 0 Å². The third-order valence-corrected chi connectivity index (χ3v) is 1.53. The second-order valence-corrected chi connectivity index (χ2v) is 2.96. The number of hydrogen-bond donors (Lipinski definition) is 2. The number of amides is 1. The van der Waals surface area contributed by atoms with Gasteiger partial charge in [-0.25, -0.2) is 4.98 Å². The van der Waals surface area contributed by atoms with Gasteiger partial charge in [0.15, 0.2) is 11.0 Å². The maximum absolute atomic E-state index is 11.1. The van der Waals surface area contributed by atoms with E-state index in [4.69, 9.17) is 0 Å².